The van der Waals surface area contributed by atoms with Crippen molar-refractivity contribution in [1.29, 1.82) is 0 Å². The molecule has 0 aliphatic heterocycles. The molecule has 0 saturated carbocycles. The molecular weight excluding hydrogens is 250 g/mol. The number of halogens is 1. The average Bonchev–Trinajstić information content (AvgIpc) is 2.73. The van der Waals surface area contributed by atoms with Gasteiger partial charge in [-0.25, -0.2) is 0 Å². The van der Waals surface area contributed by atoms with Gasteiger partial charge >= 0.3 is 0 Å². The lowest BCUT2D eigenvalue weighted by Gasteiger charge is -2.05. The predicted molar refractivity (Wildman–Crippen MR) is 51.5 cm³/mol. The number of furan rings is 1. The summed E-state index contributed by atoms with van der Waals surface area (Å²) < 4.78 is 7.43. The summed E-state index contributed by atoms with van der Waals surface area (Å²) in [5.74, 6) is 0.889. The Morgan fingerprint density at radius 3 is 2.86 bits per heavy atom. The zero-order valence-electron chi connectivity index (χ0n) is 7.38. The van der Waals surface area contributed by atoms with E-state index in [1.54, 1.807) is 23.7 Å². The summed E-state index contributed by atoms with van der Waals surface area (Å²) in [6.07, 6.45) is 0.644. The summed E-state index contributed by atoms with van der Waals surface area (Å²) in [5.41, 5.74) is 0. The fourth-order valence-electron chi connectivity index (χ4n) is 1.14. The van der Waals surface area contributed by atoms with Crippen LogP contribution in [0.15, 0.2) is 27.5 Å². The van der Waals surface area contributed by atoms with Crippen LogP contribution in [0, 0.1) is 0 Å². The molecule has 5 nitrogen and oxygen atoms in total. The van der Waals surface area contributed by atoms with E-state index in [0.717, 1.165) is 0 Å². The Morgan fingerprint density at radius 2 is 2.36 bits per heavy atom. The monoisotopic (exact) mass is 257 g/mol. The van der Waals surface area contributed by atoms with Gasteiger partial charge in [-0.2, -0.15) is 0 Å². The molecule has 74 valence electrons. The Labute approximate surface area is 88.5 Å². The molecule has 0 saturated heterocycles. The van der Waals surface area contributed by atoms with Crippen molar-refractivity contribution in [2.75, 3.05) is 0 Å². The van der Waals surface area contributed by atoms with Gasteiger partial charge in [-0.15, -0.1) is 10.2 Å². The van der Waals surface area contributed by atoms with Crippen LogP contribution >= 0.6 is 15.9 Å². The van der Waals surface area contributed by atoms with Gasteiger partial charge in [-0.1, -0.05) is 0 Å². The maximum Gasteiger partial charge on any atom is 0.171 e. The standard InChI is InChI=1S/C8H8BrN3O2/c1-12-4-10-11-8(12)7(13)5-2-3-6(9)14-5/h2-4,7,13H,1H3. The van der Waals surface area contributed by atoms with Crippen molar-refractivity contribution in [3.8, 4) is 0 Å². The van der Waals surface area contributed by atoms with Gasteiger partial charge in [-0.05, 0) is 28.1 Å². The van der Waals surface area contributed by atoms with E-state index in [-0.39, 0.29) is 0 Å². The number of hydrogen-bond acceptors (Lipinski definition) is 4. The Kier molecular flexibility index (Phi) is 2.39. The topological polar surface area (TPSA) is 64.1 Å². The summed E-state index contributed by atoms with van der Waals surface area (Å²) in [7, 11) is 1.76. The molecule has 0 aliphatic carbocycles. The SMILES string of the molecule is Cn1cnnc1C(O)c1ccc(Br)o1. The van der Waals surface area contributed by atoms with Crippen LogP contribution in [0.25, 0.3) is 0 Å². The summed E-state index contributed by atoms with van der Waals surface area (Å²) in [6.45, 7) is 0. The van der Waals surface area contributed by atoms with Crippen molar-refractivity contribution < 1.29 is 9.52 Å². The Hall–Kier alpha value is -1.14. The molecule has 0 spiro atoms. The van der Waals surface area contributed by atoms with Crippen LogP contribution in [0.2, 0.25) is 0 Å². The van der Waals surface area contributed by atoms with Gasteiger partial charge in [0, 0.05) is 7.05 Å². The van der Waals surface area contributed by atoms with Crippen LogP contribution in [-0.4, -0.2) is 19.9 Å². The highest BCUT2D eigenvalue weighted by Crippen LogP contribution is 2.23. The molecule has 0 aromatic carbocycles. The van der Waals surface area contributed by atoms with E-state index in [0.29, 0.717) is 16.3 Å². The fourth-order valence-corrected chi connectivity index (χ4v) is 1.46. The molecule has 0 aliphatic rings. The van der Waals surface area contributed by atoms with Crippen LogP contribution in [0.4, 0.5) is 0 Å². The van der Waals surface area contributed by atoms with Crippen molar-refractivity contribution in [3.63, 3.8) is 0 Å². The van der Waals surface area contributed by atoms with E-state index >= 15 is 0 Å². The third-order valence-electron chi connectivity index (χ3n) is 1.85. The third kappa shape index (κ3) is 1.58. The number of nitrogens with zero attached hydrogens (tertiary/aromatic N) is 3. The largest absolute Gasteiger partial charge is 0.451 e. The molecule has 6 heteroatoms. The summed E-state index contributed by atoms with van der Waals surface area (Å²) >= 11 is 3.16. The molecule has 0 amide bonds. The molecule has 0 radical (unpaired) electrons. The molecule has 1 atom stereocenters. The molecule has 2 aromatic heterocycles. The number of rotatable bonds is 2. The number of aryl methyl sites for hydroxylation is 1. The zero-order valence-corrected chi connectivity index (χ0v) is 8.97. The summed E-state index contributed by atoms with van der Waals surface area (Å²) in [6, 6.07) is 3.40. The van der Waals surface area contributed by atoms with Gasteiger partial charge in [0.15, 0.2) is 16.6 Å². The van der Waals surface area contributed by atoms with Crippen molar-refractivity contribution >= 4 is 15.9 Å². The number of aliphatic hydroxyl groups is 1. The summed E-state index contributed by atoms with van der Waals surface area (Å²) in [5, 5.41) is 17.3. The summed E-state index contributed by atoms with van der Waals surface area (Å²) in [4.78, 5) is 0. The second kappa shape index (κ2) is 3.55. The van der Waals surface area contributed by atoms with Gasteiger partial charge in [0.2, 0.25) is 0 Å². The molecule has 2 aromatic rings. The van der Waals surface area contributed by atoms with Gasteiger partial charge in [0.05, 0.1) is 0 Å². The second-order valence-corrected chi connectivity index (χ2v) is 3.63. The van der Waals surface area contributed by atoms with Crippen molar-refractivity contribution in [2.24, 2.45) is 7.05 Å². The Bertz CT molecular complexity index is 437. The molecule has 1 unspecified atom stereocenters. The lowest BCUT2D eigenvalue weighted by molar-refractivity contribution is 0.174. The highest BCUT2D eigenvalue weighted by atomic mass is 79.9. The average molecular weight is 258 g/mol. The van der Waals surface area contributed by atoms with E-state index in [9.17, 15) is 5.11 Å². The van der Waals surface area contributed by atoms with Crippen molar-refractivity contribution in [2.45, 2.75) is 6.10 Å². The van der Waals surface area contributed by atoms with Gasteiger partial charge in [0.1, 0.15) is 12.1 Å². The molecule has 0 bridgehead atoms. The third-order valence-corrected chi connectivity index (χ3v) is 2.28. The highest BCUT2D eigenvalue weighted by Gasteiger charge is 2.18. The van der Waals surface area contributed by atoms with Crippen LogP contribution in [-0.2, 0) is 7.05 Å². The quantitative estimate of drug-likeness (QED) is 0.880. The maximum absolute atomic E-state index is 9.84. The minimum atomic E-state index is -0.881. The minimum absolute atomic E-state index is 0.438. The zero-order chi connectivity index (χ0) is 10.1. The van der Waals surface area contributed by atoms with E-state index in [1.165, 1.54) is 6.33 Å². The van der Waals surface area contributed by atoms with Gasteiger partial charge < -0.3 is 14.1 Å². The first-order chi connectivity index (χ1) is 6.68. The normalized spacial score (nSPS) is 13.1. The molecule has 0 fully saturated rings. The first kappa shape index (κ1) is 9.42. The van der Waals surface area contributed by atoms with Crippen LogP contribution < -0.4 is 0 Å². The molecular formula is C8H8BrN3O2. The highest BCUT2D eigenvalue weighted by molar-refractivity contribution is 9.10. The van der Waals surface area contributed by atoms with Crippen LogP contribution in [0.1, 0.15) is 17.7 Å². The first-order valence-corrected chi connectivity index (χ1v) is 4.75. The molecule has 14 heavy (non-hydrogen) atoms. The van der Waals surface area contributed by atoms with Crippen molar-refractivity contribution in [1.82, 2.24) is 14.8 Å². The smallest absolute Gasteiger partial charge is 0.171 e. The fraction of sp³-hybridized carbons (Fsp3) is 0.250. The maximum atomic E-state index is 9.84. The number of aromatic nitrogens is 3. The van der Waals surface area contributed by atoms with Gasteiger partial charge in [0.25, 0.3) is 0 Å². The molecule has 2 rings (SSSR count). The molecule has 1 N–H and O–H groups in total. The van der Waals surface area contributed by atoms with Crippen molar-refractivity contribution in [3.05, 3.63) is 34.7 Å². The lowest BCUT2D eigenvalue weighted by atomic mass is 10.2. The van der Waals surface area contributed by atoms with Crippen LogP contribution in [0.5, 0.6) is 0 Å². The van der Waals surface area contributed by atoms with E-state index in [1.807, 2.05) is 0 Å². The number of hydrogen-bond donors (Lipinski definition) is 1. The van der Waals surface area contributed by atoms with E-state index in [2.05, 4.69) is 26.1 Å². The molecule has 2 heterocycles. The van der Waals surface area contributed by atoms with E-state index < -0.39 is 6.10 Å². The lowest BCUT2D eigenvalue weighted by Crippen LogP contribution is -2.05. The van der Waals surface area contributed by atoms with Crippen LogP contribution in [0.3, 0.4) is 0 Å². The van der Waals surface area contributed by atoms with E-state index in [4.69, 9.17) is 4.42 Å². The first-order valence-electron chi connectivity index (χ1n) is 3.95. The Morgan fingerprint density at radius 1 is 1.57 bits per heavy atom. The minimum Gasteiger partial charge on any atom is -0.451 e. The Balaban J connectivity index is 2.33. The number of aliphatic hydroxyl groups excluding tert-OH is 1. The predicted octanol–water partition coefficient (Wildman–Crippen LogP) is 1.25. The van der Waals surface area contributed by atoms with Gasteiger partial charge in [-0.3, -0.25) is 0 Å². The second-order valence-electron chi connectivity index (χ2n) is 2.84.